The molecule has 0 amide bonds. The van der Waals surface area contributed by atoms with Crippen LogP contribution < -0.4 is 0 Å². The Bertz CT molecular complexity index is 95.3. The van der Waals surface area contributed by atoms with Gasteiger partial charge in [-0.1, -0.05) is 0 Å². The van der Waals surface area contributed by atoms with Crippen molar-refractivity contribution >= 4 is 8.60 Å². The lowest BCUT2D eigenvalue weighted by Crippen LogP contribution is -2.34. The van der Waals surface area contributed by atoms with Crippen molar-refractivity contribution in [2.24, 2.45) is 0 Å². The molecule has 1 aliphatic rings. The first-order chi connectivity index (χ1) is 4.79. The summed E-state index contributed by atoms with van der Waals surface area (Å²) in [6.45, 7) is 2.37. The lowest BCUT2D eigenvalue weighted by Gasteiger charge is -2.25. The zero-order valence-corrected chi connectivity index (χ0v) is 6.33. The average molecular weight is 167 g/mol. The molecule has 60 valence electrons. The molecule has 0 radical (unpaired) electrons. The maximum Gasteiger partial charge on any atom is 0.345 e. The Labute approximate surface area is 60.1 Å². The van der Waals surface area contributed by atoms with E-state index in [0.717, 1.165) is 0 Å². The van der Waals surface area contributed by atoms with Crippen LogP contribution in [0.4, 0.5) is 0 Å². The molecular formula is C4H10NO4P. The number of nitrogens with zero attached hydrogens (tertiary/aromatic N) is 1. The zero-order chi connectivity index (χ0) is 7.40. The Hall–Kier alpha value is 0.230. The van der Waals surface area contributed by atoms with Crippen LogP contribution in [-0.2, 0) is 9.36 Å². The Morgan fingerprint density at radius 1 is 1.30 bits per heavy atom. The van der Waals surface area contributed by atoms with E-state index in [0.29, 0.717) is 26.3 Å². The molecule has 6 heteroatoms. The van der Waals surface area contributed by atoms with Gasteiger partial charge in [0.05, 0.1) is 13.2 Å². The second kappa shape index (κ2) is 4.18. The predicted octanol–water partition coefficient (Wildman–Crippen LogP) is -0.538. The van der Waals surface area contributed by atoms with Gasteiger partial charge in [-0.05, 0) is 0 Å². The summed E-state index contributed by atoms with van der Waals surface area (Å²) in [7, 11) is -2.25. The van der Waals surface area contributed by atoms with Crippen LogP contribution in [0.15, 0.2) is 0 Å². The van der Waals surface area contributed by atoms with Gasteiger partial charge in [0.15, 0.2) is 0 Å². The van der Waals surface area contributed by atoms with Gasteiger partial charge in [0.1, 0.15) is 0 Å². The van der Waals surface area contributed by atoms with E-state index < -0.39 is 8.60 Å². The smallest absolute Gasteiger partial charge is 0.345 e. The quantitative estimate of drug-likeness (QED) is 0.541. The maximum absolute atomic E-state index is 8.42. The molecular weight excluding hydrogens is 157 g/mol. The molecule has 0 aromatic carbocycles. The predicted molar refractivity (Wildman–Crippen MR) is 34.8 cm³/mol. The van der Waals surface area contributed by atoms with Crippen LogP contribution in [0.25, 0.3) is 0 Å². The first kappa shape index (κ1) is 8.33. The van der Waals surface area contributed by atoms with Gasteiger partial charge in [0, 0.05) is 13.1 Å². The van der Waals surface area contributed by atoms with Gasteiger partial charge >= 0.3 is 8.60 Å². The summed E-state index contributed by atoms with van der Waals surface area (Å²) in [5.74, 6) is 0. The van der Waals surface area contributed by atoms with Gasteiger partial charge in [-0.2, -0.15) is 5.06 Å². The molecule has 0 aromatic rings. The lowest BCUT2D eigenvalue weighted by atomic mass is 10.5. The van der Waals surface area contributed by atoms with Gasteiger partial charge < -0.3 is 14.5 Å². The highest BCUT2D eigenvalue weighted by atomic mass is 31.2. The van der Waals surface area contributed by atoms with Gasteiger partial charge in [-0.25, -0.2) is 4.62 Å². The van der Waals surface area contributed by atoms with E-state index in [1.54, 1.807) is 0 Å². The second-order valence-corrected chi connectivity index (χ2v) is 2.54. The molecule has 5 nitrogen and oxygen atoms in total. The van der Waals surface area contributed by atoms with Crippen LogP contribution in [-0.4, -0.2) is 41.2 Å². The monoisotopic (exact) mass is 167 g/mol. The fraction of sp³-hybridized carbons (Fsp3) is 1.00. The van der Waals surface area contributed by atoms with Crippen LogP contribution in [0.2, 0.25) is 0 Å². The van der Waals surface area contributed by atoms with E-state index in [1.165, 1.54) is 5.06 Å². The third-order valence-corrected chi connectivity index (χ3v) is 1.54. The fourth-order valence-corrected chi connectivity index (χ4v) is 1.10. The highest BCUT2D eigenvalue weighted by Crippen LogP contribution is 2.26. The first-order valence-electron chi connectivity index (χ1n) is 2.97. The number of rotatable bonds is 2. The molecule has 1 saturated heterocycles. The lowest BCUT2D eigenvalue weighted by molar-refractivity contribution is -0.123. The minimum absolute atomic E-state index is 0.586. The van der Waals surface area contributed by atoms with Crippen LogP contribution in [0.1, 0.15) is 0 Å². The van der Waals surface area contributed by atoms with E-state index in [2.05, 4.69) is 4.62 Å². The van der Waals surface area contributed by atoms with Crippen molar-refractivity contribution in [3.63, 3.8) is 0 Å². The Morgan fingerprint density at radius 3 is 2.40 bits per heavy atom. The molecule has 0 aromatic heterocycles. The third kappa shape index (κ3) is 2.88. The van der Waals surface area contributed by atoms with Crippen molar-refractivity contribution in [2.45, 2.75) is 0 Å². The van der Waals surface area contributed by atoms with Gasteiger partial charge in [-0.3, -0.25) is 0 Å². The molecule has 1 aliphatic heterocycles. The fourth-order valence-electron chi connectivity index (χ4n) is 0.732. The van der Waals surface area contributed by atoms with Gasteiger partial charge in [0.2, 0.25) is 0 Å². The first-order valence-corrected chi connectivity index (χ1v) is 4.14. The van der Waals surface area contributed by atoms with Crippen molar-refractivity contribution in [1.82, 2.24) is 5.06 Å². The molecule has 0 aliphatic carbocycles. The van der Waals surface area contributed by atoms with Gasteiger partial charge in [0.25, 0.3) is 0 Å². The summed E-state index contributed by atoms with van der Waals surface area (Å²) in [5.41, 5.74) is 0. The van der Waals surface area contributed by atoms with Crippen LogP contribution in [0.5, 0.6) is 0 Å². The highest BCUT2D eigenvalue weighted by molar-refractivity contribution is 7.39. The van der Waals surface area contributed by atoms with Crippen molar-refractivity contribution < 1.29 is 19.1 Å². The maximum atomic E-state index is 8.42. The molecule has 1 rings (SSSR count). The molecule has 0 saturated carbocycles. The third-order valence-electron chi connectivity index (χ3n) is 1.16. The summed E-state index contributed by atoms with van der Waals surface area (Å²) in [4.78, 5) is 16.8. The zero-order valence-electron chi connectivity index (χ0n) is 5.43. The highest BCUT2D eigenvalue weighted by Gasteiger charge is 2.13. The molecule has 1 fully saturated rings. The number of hydrogen-bond donors (Lipinski definition) is 2. The summed E-state index contributed by atoms with van der Waals surface area (Å²) in [6, 6.07) is 0. The molecule has 1 heterocycles. The van der Waals surface area contributed by atoms with Crippen molar-refractivity contribution in [2.75, 3.05) is 26.3 Å². The summed E-state index contributed by atoms with van der Waals surface area (Å²) in [6.07, 6.45) is 0. The molecule has 0 bridgehead atoms. The number of morpholine rings is 1. The standard InChI is InChI=1S/C4H10NO4P/c6-10(7)9-5-1-3-8-4-2-5/h6-7H,1-4H2. The van der Waals surface area contributed by atoms with Crippen LogP contribution in [0.3, 0.4) is 0 Å². The minimum Gasteiger partial charge on any atom is -0.379 e. The second-order valence-electron chi connectivity index (χ2n) is 1.88. The van der Waals surface area contributed by atoms with E-state index in [4.69, 9.17) is 14.5 Å². The number of hydroxylamine groups is 2. The summed E-state index contributed by atoms with van der Waals surface area (Å²) in [5, 5.41) is 1.50. The Morgan fingerprint density at radius 2 is 1.90 bits per heavy atom. The largest absolute Gasteiger partial charge is 0.379 e. The van der Waals surface area contributed by atoms with Gasteiger partial charge in [-0.15, -0.1) is 0 Å². The van der Waals surface area contributed by atoms with E-state index in [-0.39, 0.29) is 0 Å². The molecule has 0 spiro atoms. The van der Waals surface area contributed by atoms with E-state index >= 15 is 0 Å². The SMILES string of the molecule is OP(O)ON1CCOCC1. The molecule has 10 heavy (non-hydrogen) atoms. The van der Waals surface area contributed by atoms with E-state index in [9.17, 15) is 0 Å². The number of ether oxygens (including phenoxy) is 1. The minimum atomic E-state index is -2.25. The molecule has 2 N–H and O–H groups in total. The van der Waals surface area contributed by atoms with E-state index in [1.807, 2.05) is 0 Å². The average Bonchev–Trinajstić information content (AvgIpc) is 1.88. The molecule has 0 unspecified atom stereocenters. The molecule has 0 atom stereocenters. The normalized spacial score (nSPS) is 21.9. The topological polar surface area (TPSA) is 62.2 Å². The number of hydrogen-bond acceptors (Lipinski definition) is 5. The van der Waals surface area contributed by atoms with Crippen molar-refractivity contribution in [3.8, 4) is 0 Å². The Kier molecular flexibility index (Phi) is 3.48. The summed E-state index contributed by atoms with van der Waals surface area (Å²) < 4.78 is 9.62. The van der Waals surface area contributed by atoms with Crippen molar-refractivity contribution in [1.29, 1.82) is 0 Å². The summed E-state index contributed by atoms with van der Waals surface area (Å²) >= 11 is 0. The van der Waals surface area contributed by atoms with Crippen molar-refractivity contribution in [3.05, 3.63) is 0 Å². The Balaban J connectivity index is 2.13. The van der Waals surface area contributed by atoms with Crippen LogP contribution in [0, 0.1) is 0 Å². The van der Waals surface area contributed by atoms with Crippen LogP contribution >= 0.6 is 8.60 Å².